The number of carboxylic acid groups (broad SMARTS) is 1. The maximum atomic E-state index is 12.3. The van der Waals surface area contributed by atoms with Crippen LogP contribution in [0.25, 0.3) is 0 Å². The van der Waals surface area contributed by atoms with Gasteiger partial charge in [0.15, 0.2) is 0 Å². The smallest absolute Gasteiger partial charge is 0.340 e. The minimum atomic E-state index is -1.15. The largest absolute Gasteiger partial charge is 0.480 e. The van der Waals surface area contributed by atoms with E-state index in [1.54, 1.807) is 25.1 Å². The van der Waals surface area contributed by atoms with Crippen molar-refractivity contribution >= 4 is 29.2 Å². The molecule has 0 saturated carbocycles. The molecule has 0 aliphatic carbocycles. The van der Waals surface area contributed by atoms with Crippen LogP contribution in [-0.4, -0.2) is 55.9 Å². The molecule has 0 radical (unpaired) electrons. The molecule has 2 rings (SSSR count). The molecule has 0 spiro atoms. The van der Waals surface area contributed by atoms with Gasteiger partial charge >= 0.3 is 11.9 Å². The number of rotatable bonds is 8. The third-order valence-corrected chi connectivity index (χ3v) is 3.93. The number of ether oxygens (including phenoxy) is 2. The summed E-state index contributed by atoms with van der Waals surface area (Å²) in [7, 11) is 0. The highest BCUT2D eigenvalue weighted by atomic mass is 16.5. The van der Waals surface area contributed by atoms with Gasteiger partial charge in [-0.25, -0.2) is 9.59 Å². The van der Waals surface area contributed by atoms with Crippen molar-refractivity contribution in [3.05, 3.63) is 23.8 Å². The molecule has 8 heteroatoms. The number of anilines is 2. The van der Waals surface area contributed by atoms with Crippen LogP contribution >= 0.6 is 0 Å². The number of nitrogens with zero attached hydrogens (tertiary/aromatic N) is 1. The number of carbonyl (C=O) groups is 3. The Morgan fingerprint density at radius 1 is 1.15 bits per heavy atom. The lowest BCUT2D eigenvalue weighted by molar-refractivity contribution is -0.143. The molecule has 2 N–H and O–H groups in total. The zero-order chi connectivity index (χ0) is 18.9. The van der Waals surface area contributed by atoms with Crippen molar-refractivity contribution in [3.8, 4) is 0 Å². The summed E-state index contributed by atoms with van der Waals surface area (Å²) in [6, 6.07) is 5.09. The van der Waals surface area contributed by atoms with Crippen LogP contribution in [0.2, 0.25) is 0 Å². The van der Waals surface area contributed by atoms with Crippen LogP contribution in [0.5, 0.6) is 0 Å². The molecule has 0 unspecified atom stereocenters. The highest BCUT2D eigenvalue weighted by molar-refractivity contribution is 5.99. The average Bonchev–Trinajstić information content (AvgIpc) is 2.62. The molecule has 1 aromatic rings. The van der Waals surface area contributed by atoms with Gasteiger partial charge in [0.2, 0.25) is 5.91 Å². The van der Waals surface area contributed by atoms with E-state index in [1.165, 1.54) is 6.42 Å². The first-order valence-electron chi connectivity index (χ1n) is 8.66. The van der Waals surface area contributed by atoms with E-state index in [0.717, 1.165) is 31.6 Å². The number of carbonyl (C=O) groups excluding carboxylic acids is 2. The average molecular weight is 364 g/mol. The SMILES string of the molecule is CCOC(=O)c1cc(NC(=O)COCC(=O)O)ccc1N1CCCCC1. The van der Waals surface area contributed by atoms with E-state index in [0.29, 0.717) is 11.3 Å². The van der Waals surface area contributed by atoms with Crippen molar-refractivity contribution in [2.24, 2.45) is 0 Å². The first-order valence-corrected chi connectivity index (χ1v) is 8.66. The van der Waals surface area contributed by atoms with Gasteiger partial charge in [0, 0.05) is 18.8 Å². The first kappa shape index (κ1) is 19.7. The molecular weight excluding hydrogens is 340 g/mol. The Balaban J connectivity index is 2.12. The van der Waals surface area contributed by atoms with Crippen LogP contribution in [0.15, 0.2) is 18.2 Å². The van der Waals surface area contributed by atoms with Crippen molar-refractivity contribution in [3.63, 3.8) is 0 Å². The van der Waals surface area contributed by atoms with Crippen LogP contribution in [0.1, 0.15) is 36.5 Å². The van der Waals surface area contributed by atoms with Gasteiger partial charge in [-0.3, -0.25) is 4.79 Å². The Morgan fingerprint density at radius 3 is 2.54 bits per heavy atom. The third kappa shape index (κ3) is 5.73. The van der Waals surface area contributed by atoms with E-state index in [1.807, 2.05) is 0 Å². The minimum Gasteiger partial charge on any atom is -0.480 e. The van der Waals surface area contributed by atoms with E-state index in [2.05, 4.69) is 10.2 Å². The number of amides is 1. The van der Waals surface area contributed by atoms with Gasteiger partial charge in [-0.05, 0) is 44.4 Å². The fraction of sp³-hybridized carbons (Fsp3) is 0.500. The molecule has 0 atom stereocenters. The summed E-state index contributed by atoms with van der Waals surface area (Å²) in [6.45, 7) is 2.83. The van der Waals surface area contributed by atoms with Crippen molar-refractivity contribution in [1.82, 2.24) is 0 Å². The van der Waals surface area contributed by atoms with Crippen molar-refractivity contribution in [2.45, 2.75) is 26.2 Å². The second-order valence-electron chi connectivity index (χ2n) is 5.93. The van der Waals surface area contributed by atoms with Gasteiger partial charge in [-0.2, -0.15) is 0 Å². The van der Waals surface area contributed by atoms with Crippen LogP contribution in [0.4, 0.5) is 11.4 Å². The Morgan fingerprint density at radius 2 is 1.88 bits per heavy atom. The number of carboxylic acids is 1. The lowest BCUT2D eigenvalue weighted by Gasteiger charge is -2.30. The molecule has 0 bridgehead atoms. The molecular formula is C18H24N2O6. The zero-order valence-electron chi connectivity index (χ0n) is 14.8. The summed E-state index contributed by atoms with van der Waals surface area (Å²) < 4.78 is 9.90. The summed E-state index contributed by atoms with van der Waals surface area (Å²) >= 11 is 0. The fourth-order valence-corrected chi connectivity index (χ4v) is 2.82. The van der Waals surface area contributed by atoms with Crippen LogP contribution in [-0.2, 0) is 19.1 Å². The van der Waals surface area contributed by atoms with E-state index < -0.39 is 24.5 Å². The number of hydrogen-bond acceptors (Lipinski definition) is 6. The molecule has 1 fully saturated rings. The second kappa shape index (κ2) is 9.76. The number of esters is 1. The Hall–Kier alpha value is -2.61. The van der Waals surface area contributed by atoms with Gasteiger partial charge in [-0.15, -0.1) is 0 Å². The maximum Gasteiger partial charge on any atom is 0.340 e. The van der Waals surface area contributed by atoms with Gasteiger partial charge in [-0.1, -0.05) is 0 Å². The molecule has 1 aromatic carbocycles. The Kier molecular flexibility index (Phi) is 7.40. The topological polar surface area (TPSA) is 105 Å². The number of hydrogen-bond donors (Lipinski definition) is 2. The van der Waals surface area contributed by atoms with E-state index in [9.17, 15) is 14.4 Å². The molecule has 142 valence electrons. The normalized spacial score (nSPS) is 14.0. The predicted octanol–water partition coefficient (Wildman–Crippen LogP) is 1.89. The summed E-state index contributed by atoms with van der Waals surface area (Å²) in [6.07, 6.45) is 3.32. The van der Waals surface area contributed by atoms with Gasteiger partial charge in [0.25, 0.3) is 0 Å². The highest BCUT2D eigenvalue weighted by Crippen LogP contribution is 2.28. The van der Waals surface area contributed by atoms with Gasteiger partial charge < -0.3 is 24.8 Å². The van der Waals surface area contributed by atoms with Gasteiger partial charge in [0.1, 0.15) is 13.2 Å². The molecule has 1 amide bonds. The maximum absolute atomic E-state index is 12.3. The Bertz CT molecular complexity index is 655. The fourth-order valence-electron chi connectivity index (χ4n) is 2.82. The highest BCUT2D eigenvalue weighted by Gasteiger charge is 2.20. The second-order valence-corrected chi connectivity index (χ2v) is 5.93. The van der Waals surface area contributed by atoms with Crippen LogP contribution in [0, 0.1) is 0 Å². The van der Waals surface area contributed by atoms with E-state index >= 15 is 0 Å². The molecule has 1 aliphatic heterocycles. The van der Waals surface area contributed by atoms with E-state index in [-0.39, 0.29) is 13.2 Å². The van der Waals surface area contributed by atoms with Crippen molar-refractivity contribution in [2.75, 3.05) is 43.1 Å². The third-order valence-electron chi connectivity index (χ3n) is 3.93. The monoisotopic (exact) mass is 364 g/mol. The summed E-state index contributed by atoms with van der Waals surface area (Å²) in [4.78, 5) is 36.7. The minimum absolute atomic E-state index is 0.262. The molecule has 8 nitrogen and oxygen atoms in total. The number of piperidine rings is 1. The summed E-state index contributed by atoms with van der Waals surface area (Å²) in [5.41, 5.74) is 1.62. The number of aliphatic carboxylic acids is 1. The molecule has 1 heterocycles. The first-order chi connectivity index (χ1) is 12.5. The standard InChI is InChI=1S/C18H24N2O6/c1-2-26-18(24)14-10-13(19-16(21)11-25-12-17(22)23)6-7-15(14)20-8-4-3-5-9-20/h6-7,10H,2-5,8-9,11-12H2,1H3,(H,19,21)(H,22,23). The predicted molar refractivity (Wildman–Crippen MR) is 95.5 cm³/mol. The molecule has 0 aromatic heterocycles. The van der Waals surface area contributed by atoms with Crippen LogP contribution in [0.3, 0.4) is 0 Å². The molecule has 1 aliphatic rings. The summed E-state index contributed by atoms with van der Waals surface area (Å²) in [5.74, 6) is -2.08. The number of nitrogens with one attached hydrogen (secondary N) is 1. The Labute approximate surface area is 152 Å². The molecule has 26 heavy (non-hydrogen) atoms. The van der Waals surface area contributed by atoms with Gasteiger partial charge in [0.05, 0.1) is 17.9 Å². The van der Waals surface area contributed by atoms with Crippen LogP contribution < -0.4 is 10.2 Å². The van der Waals surface area contributed by atoms with E-state index in [4.69, 9.17) is 14.6 Å². The quantitative estimate of drug-likeness (QED) is 0.679. The van der Waals surface area contributed by atoms with Crippen molar-refractivity contribution < 1.29 is 29.0 Å². The number of benzene rings is 1. The molecule has 1 saturated heterocycles. The lowest BCUT2D eigenvalue weighted by Crippen LogP contribution is -2.31. The zero-order valence-corrected chi connectivity index (χ0v) is 14.8. The summed E-state index contributed by atoms with van der Waals surface area (Å²) in [5, 5.41) is 11.1. The van der Waals surface area contributed by atoms with Crippen molar-refractivity contribution in [1.29, 1.82) is 0 Å². The lowest BCUT2D eigenvalue weighted by atomic mass is 10.1.